The maximum absolute atomic E-state index is 13.3. The zero-order valence-electron chi connectivity index (χ0n) is 18.4. The molecule has 0 aliphatic carbocycles. The van der Waals surface area contributed by atoms with Crippen molar-refractivity contribution in [3.63, 3.8) is 0 Å². The van der Waals surface area contributed by atoms with Crippen molar-refractivity contribution in [2.75, 3.05) is 18.4 Å². The highest BCUT2D eigenvalue weighted by atomic mass is 35.5. The largest absolute Gasteiger partial charge is 0.322 e. The minimum Gasteiger partial charge on any atom is -0.310 e. The molecule has 2 heterocycles. The Kier molecular flexibility index (Phi) is 6.83. The molecule has 4 nitrogen and oxygen atoms in total. The van der Waals surface area contributed by atoms with Crippen LogP contribution in [-0.2, 0) is 6.54 Å². The average Bonchev–Trinajstić information content (AvgIpc) is 2.79. The maximum Gasteiger partial charge on any atom is 0.322 e. The van der Waals surface area contributed by atoms with Gasteiger partial charge >= 0.3 is 6.03 Å². The van der Waals surface area contributed by atoms with Crippen molar-refractivity contribution in [3.8, 4) is 0 Å². The molecule has 0 aromatic heterocycles. The van der Waals surface area contributed by atoms with Gasteiger partial charge in [0.05, 0.1) is 6.04 Å². The van der Waals surface area contributed by atoms with Crippen LogP contribution in [0.1, 0.15) is 41.1 Å². The Hall–Kier alpha value is -2.82. The molecule has 2 aliphatic rings. The topological polar surface area (TPSA) is 35.6 Å². The molecule has 5 rings (SSSR count). The first kappa shape index (κ1) is 22.4. The molecule has 0 bridgehead atoms. The van der Waals surface area contributed by atoms with Gasteiger partial charge in [0.15, 0.2) is 0 Å². The molecule has 5 heteroatoms. The summed E-state index contributed by atoms with van der Waals surface area (Å²) in [5.74, 6) is 0. The second-order valence-electron chi connectivity index (χ2n) is 8.73. The van der Waals surface area contributed by atoms with Gasteiger partial charge in [-0.25, -0.2) is 4.79 Å². The second-order valence-corrected chi connectivity index (χ2v) is 8.73. The molecule has 1 N–H and O–H groups in total. The summed E-state index contributed by atoms with van der Waals surface area (Å²) >= 11 is 0. The van der Waals surface area contributed by atoms with E-state index in [0.29, 0.717) is 0 Å². The van der Waals surface area contributed by atoms with Gasteiger partial charge in [-0.05, 0) is 37.0 Å². The lowest BCUT2D eigenvalue weighted by Crippen LogP contribution is -2.52. The summed E-state index contributed by atoms with van der Waals surface area (Å²) in [5, 5.41) is 3.14. The van der Waals surface area contributed by atoms with Gasteiger partial charge in [0.25, 0.3) is 0 Å². The second kappa shape index (κ2) is 9.76. The Balaban J connectivity index is 0.00000245. The fourth-order valence-electron chi connectivity index (χ4n) is 5.07. The quantitative estimate of drug-likeness (QED) is 0.530. The lowest BCUT2D eigenvalue weighted by Gasteiger charge is -2.45. The number of rotatable bonds is 4. The predicted octanol–water partition coefficient (Wildman–Crippen LogP) is 6.02. The number of amides is 2. The minimum atomic E-state index is -0.0422. The van der Waals surface area contributed by atoms with Crippen molar-refractivity contribution < 1.29 is 4.79 Å². The molecule has 0 radical (unpaired) electrons. The van der Waals surface area contributed by atoms with Crippen LogP contribution in [0.2, 0.25) is 0 Å². The number of halogens is 1. The SMILES string of the molecule is Cc1cccc(CN2CCC(N3C(=O)Nc4ccccc4C3c3ccccc3)CC2)c1.Cl. The van der Waals surface area contributed by atoms with Crippen LogP contribution in [0.5, 0.6) is 0 Å². The first-order valence-electron chi connectivity index (χ1n) is 11.2. The Bertz CT molecular complexity index is 1060. The molecule has 3 aromatic rings. The van der Waals surface area contributed by atoms with Crippen LogP contribution in [0.4, 0.5) is 10.5 Å². The molecule has 0 spiro atoms. The number of fused-ring (bicyclic) bond motifs is 1. The summed E-state index contributed by atoms with van der Waals surface area (Å²) < 4.78 is 0. The van der Waals surface area contributed by atoms with Crippen LogP contribution in [0.15, 0.2) is 78.9 Å². The summed E-state index contributed by atoms with van der Waals surface area (Å²) in [7, 11) is 0. The molecular formula is C27H30ClN3O. The number of nitrogens with one attached hydrogen (secondary N) is 1. The normalized spacial score (nSPS) is 19.1. The first-order chi connectivity index (χ1) is 15.2. The Labute approximate surface area is 196 Å². The molecule has 32 heavy (non-hydrogen) atoms. The van der Waals surface area contributed by atoms with Crippen LogP contribution < -0.4 is 5.32 Å². The van der Waals surface area contributed by atoms with Gasteiger partial charge < -0.3 is 10.2 Å². The fraction of sp³-hybridized carbons (Fsp3) is 0.296. The van der Waals surface area contributed by atoms with E-state index >= 15 is 0 Å². The highest BCUT2D eigenvalue weighted by Gasteiger charge is 2.38. The third kappa shape index (κ3) is 4.52. The smallest absolute Gasteiger partial charge is 0.310 e. The van der Waals surface area contributed by atoms with Crippen molar-refractivity contribution in [2.45, 2.75) is 38.4 Å². The van der Waals surface area contributed by atoms with Gasteiger partial charge in [-0.2, -0.15) is 0 Å². The number of anilines is 1. The van der Waals surface area contributed by atoms with Crippen molar-refractivity contribution in [3.05, 3.63) is 101 Å². The van der Waals surface area contributed by atoms with Crippen LogP contribution in [-0.4, -0.2) is 35.0 Å². The summed E-state index contributed by atoms with van der Waals surface area (Å²) in [4.78, 5) is 17.9. The zero-order chi connectivity index (χ0) is 21.2. The van der Waals surface area contributed by atoms with Gasteiger partial charge in [0.2, 0.25) is 0 Å². The van der Waals surface area contributed by atoms with E-state index in [-0.39, 0.29) is 30.5 Å². The number of carbonyl (C=O) groups is 1. The van der Waals surface area contributed by atoms with Crippen molar-refractivity contribution in [2.24, 2.45) is 0 Å². The van der Waals surface area contributed by atoms with Gasteiger partial charge in [0.1, 0.15) is 0 Å². The lowest BCUT2D eigenvalue weighted by molar-refractivity contribution is 0.106. The van der Waals surface area contributed by atoms with E-state index in [2.05, 4.69) is 82.7 Å². The van der Waals surface area contributed by atoms with E-state index in [1.807, 2.05) is 18.2 Å². The molecule has 1 fully saturated rings. The van der Waals surface area contributed by atoms with Gasteiger partial charge in [0, 0.05) is 36.9 Å². The van der Waals surface area contributed by atoms with E-state index in [1.165, 1.54) is 22.3 Å². The van der Waals surface area contributed by atoms with Crippen LogP contribution >= 0.6 is 12.4 Å². The number of hydrogen-bond donors (Lipinski definition) is 1. The molecule has 0 saturated carbocycles. The minimum absolute atomic E-state index is 0. The first-order valence-corrected chi connectivity index (χ1v) is 11.2. The van der Waals surface area contributed by atoms with E-state index in [0.717, 1.165) is 38.2 Å². The van der Waals surface area contributed by atoms with E-state index in [1.54, 1.807) is 0 Å². The Morgan fingerprint density at radius 1 is 0.906 bits per heavy atom. The third-order valence-electron chi connectivity index (χ3n) is 6.56. The maximum atomic E-state index is 13.3. The number of carbonyl (C=O) groups excluding carboxylic acids is 1. The number of aryl methyl sites for hydroxylation is 1. The molecule has 1 atom stereocenters. The molecule has 2 aliphatic heterocycles. The van der Waals surface area contributed by atoms with Crippen LogP contribution in [0.25, 0.3) is 0 Å². The average molecular weight is 448 g/mol. The van der Waals surface area contributed by atoms with Crippen LogP contribution in [0.3, 0.4) is 0 Å². The van der Waals surface area contributed by atoms with E-state index in [9.17, 15) is 4.79 Å². The number of likely N-dealkylation sites (tertiary alicyclic amines) is 1. The molecule has 1 saturated heterocycles. The molecule has 3 aromatic carbocycles. The highest BCUT2D eigenvalue weighted by molar-refractivity contribution is 5.93. The van der Waals surface area contributed by atoms with Gasteiger partial charge in [-0.1, -0.05) is 78.4 Å². The van der Waals surface area contributed by atoms with E-state index < -0.39 is 0 Å². The zero-order valence-corrected chi connectivity index (χ0v) is 19.2. The monoisotopic (exact) mass is 447 g/mol. The fourth-order valence-corrected chi connectivity index (χ4v) is 5.07. The molecule has 2 amide bonds. The summed E-state index contributed by atoms with van der Waals surface area (Å²) in [6.45, 7) is 5.13. The van der Waals surface area contributed by atoms with Crippen molar-refractivity contribution in [1.82, 2.24) is 9.80 Å². The number of piperidine rings is 1. The van der Waals surface area contributed by atoms with E-state index in [4.69, 9.17) is 0 Å². The number of hydrogen-bond acceptors (Lipinski definition) is 2. The summed E-state index contributed by atoms with van der Waals surface area (Å²) in [6, 6.07) is 27.6. The summed E-state index contributed by atoms with van der Waals surface area (Å²) in [5.41, 5.74) is 5.95. The number of urea groups is 1. The standard InChI is InChI=1S/C27H29N3O.ClH/c1-20-8-7-9-21(18-20)19-29-16-14-23(15-17-29)30-26(22-10-3-2-4-11-22)24-12-5-6-13-25(24)28-27(30)31;/h2-13,18,23,26H,14-17,19H2,1H3,(H,28,31);1H. The molecule has 166 valence electrons. The summed E-state index contributed by atoms with van der Waals surface area (Å²) in [6.07, 6.45) is 1.98. The van der Waals surface area contributed by atoms with Crippen molar-refractivity contribution >= 4 is 24.1 Å². The lowest BCUT2D eigenvalue weighted by atomic mass is 9.90. The Morgan fingerprint density at radius 3 is 2.38 bits per heavy atom. The number of benzene rings is 3. The van der Waals surface area contributed by atoms with Gasteiger partial charge in [-0.3, -0.25) is 4.90 Å². The Morgan fingerprint density at radius 2 is 1.62 bits per heavy atom. The van der Waals surface area contributed by atoms with Gasteiger partial charge in [-0.15, -0.1) is 12.4 Å². The highest BCUT2D eigenvalue weighted by Crippen LogP contribution is 2.40. The van der Waals surface area contributed by atoms with Crippen LogP contribution in [0, 0.1) is 6.92 Å². The molecule has 1 unspecified atom stereocenters. The number of para-hydroxylation sites is 1. The molecular weight excluding hydrogens is 418 g/mol. The number of nitrogens with zero attached hydrogens (tertiary/aromatic N) is 2. The van der Waals surface area contributed by atoms with Crippen molar-refractivity contribution in [1.29, 1.82) is 0 Å². The third-order valence-corrected chi connectivity index (χ3v) is 6.56. The predicted molar refractivity (Wildman–Crippen MR) is 132 cm³/mol.